The van der Waals surface area contributed by atoms with Gasteiger partial charge in [0.05, 0.1) is 15.4 Å². The first-order valence-electron chi connectivity index (χ1n) is 7.01. The van der Waals surface area contributed by atoms with E-state index in [0.717, 1.165) is 0 Å². The molecule has 0 atom stereocenters. The van der Waals surface area contributed by atoms with E-state index in [2.05, 4.69) is 5.32 Å². The Morgan fingerprint density at radius 1 is 1.22 bits per heavy atom. The second-order valence-electron chi connectivity index (χ2n) is 3.98. The summed E-state index contributed by atoms with van der Waals surface area (Å²) in [5.74, 6) is -1.07. The van der Waals surface area contributed by atoms with Crippen molar-refractivity contribution in [1.82, 2.24) is 0 Å². The van der Waals surface area contributed by atoms with Gasteiger partial charge in [-0.2, -0.15) is 0 Å². The molecule has 2 aromatic carbocycles. The minimum Gasteiger partial charge on any atom is -0.478 e. The number of carboxylic acid groups (broad SMARTS) is 1. The van der Waals surface area contributed by atoms with Gasteiger partial charge in [-0.15, -0.1) is 0 Å². The van der Waals surface area contributed by atoms with Crippen LogP contribution in [0.3, 0.4) is 0 Å². The van der Waals surface area contributed by atoms with Crippen LogP contribution in [-0.4, -0.2) is 11.1 Å². The molecule has 92 valence electrons. The number of aromatic carboxylic acids is 1. The van der Waals surface area contributed by atoms with Gasteiger partial charge in [-0.25, -0.2) is 4.79 Å². The molecule has 2 rings (SSSR count). The van der Waals surface area contributed by atoms with Crippen LogP contribution in [0.5, 0.6) is 0 Å². The van der Waals surface area contributed by atoms with Crippen molar-refractivity contribution in [3.05, 3.63) is 59.1 Å². The zero-order valence-corrected chi connectivity index (χ0v) is 10.2. The minimum absolute atomic E-state index is 0.0227. The summed E-state index contributed by atoms with van der Waals surface area (Å²) in [6, 6.07) is 6.14. The lowest BCUT2D eigenvalue weighted by Gasteiger charge is -2.13. The standard InChI is InChI=1S/C15H15NO2/c1-10-6-5-9-13(11(10)2)16-14-8-4-3-7-12(14)15(17)18/h3-9,16H,1-2H3,(H,17,18)/i5D,6D,9D. The van der Waals surface area contributed by atoms with Crippen molar-refractivity contribution >= 4 is 17.3 Å². The molecule has 18 heavy (non-hydrogen) atoms. The molecular formula is C15H15NO2. The van der Waals surface area contributed by atoms with E-state index in [0.29, 0.717) is 22.5 Å². The van der Waals surface area contributed by atoms with Crippen molar-refractivity contribution in [2.75, 3.05) is 5.32 Å². The number of hydrogen-bond donors (Lipinski definition) is 2. The van der Waals surface area contributed by atoms with Crippen molar-refractivity contribution < 1.29 is 14.0 Å². The van der Waals surface area contributed by atoms with E-state index in [1.165, 1.54) is 6.07 Å². The summed E-state index contributed by atoms with van der Waals surface area (Å²) < 4.78 is 23.6. The summed E-state index contributed by atoms with van der Waals surface area (Å²) in [4.78, 5) is 11.2. The summed E-state index contributed by atoms with van der Waals surface area (Å²) in [6.07, 6.45) is 0. The van der Waals surface area contributed by atoms with Gasteiger partial charge in [-0.3, -0.25) is 0 Å². The molecule has 0 aliphatic rings. The van der Waals surface area contributed by atoms with Gasteiger partial charge in [-0.05, 0) is 43.1 Å². The molecule has 0 spiro atoms. The lowest BCUT2D eigenvalue weighted by Crippen LogP contribution is -2.03. The fourth-order valence-electron chi connectivity index (χ4n) is 1.60. The van der Waals surface area contributed by atoms with Gasteiger partial charge in [0.1, 0.15) is 0 Å². The van der Waals surface area contributed by atoms with Crippen molar-refractivity contribution in [2.24, 2.45) is 0 Å². The molecule has 0 fully saturated rings. The molecule has 2 N–H and O–H groups in total. The molecule has 3 heteroatoms. The first kappa shape index (κ1) is 8.75. The molecule has 3 nitrogen and oxygen atoms in total. The third kappa shape index (κ3) is 2.35. The Morgan fingerprint density at radius 3 is 2.67 bits per heavy atom. The Kier molecular flexibility index (Phi) is 2.39. The fourth-order valence-corrected chi connectivity index (χ4v) is 1.60. The van der Waals surface area contributed by atoms with Crippen LogP contribution in [0, 0.1) is 13.8 Å². The lowest BCUT2D eigenvalue weighted by atomic mass is 10.1. The summed E-state index contributed by atoms with van der Waals surface area (Å²) in [5, 5.41) is 12.1. The Bertz CT molecular complexity index is 700. The number of carboxylic acids is 1. The lowest BCUT2D eigenvalue weighted by molar-refractivity contribution is 0.0698. The van der Waals surface area contributed by atoms with Gasteiger partial charge in [0, 0.05) is 5.69 Å². The fraction of sp³-hybridized carbons (Fsp3) is 0.133. The quantitative estimate of drug-likeness (QED) is 0.864. The van der Waals surface area contributed by atoms with Crippen LogP contribution in [0.4, 0.5) is 11.4 Å². The first-order chi connectivity index (χ1) is 9.84. The molecule has 0 aliphatic carbocycles. The van der Waals surface area contributed by atoms with Gasteiger partial charge in [0.25, 0.3) is 0 Å². The molecule has 0 aliphatic heterocycles. The number of benzene rings is 2. The first-order valence-corrected chi connectivity index (χ1v) is 5.51. The van der Waals surface area contributed by atoms with Gasteiger partial charge in [-0.1, -0.05) is 24.2 Å². The normalized spacial score (nSPS) is 12.4. The Morgan fingerprint density at radius 2 is 1.94 bits per heavy atom. The van der Waals surface area contributed by atoms with E-state index < -0.39 is 5.97 Å². The van der Waals surface area contributed by atoms with Gasteiger partial charge < -0.3 is 10.4 Å². The average molecular weight is 244 g/mol. The summed E-state index contributed by atoms with van der Waals surface area (Å²) in [5.41, 5.74) is 2.09. The smallest absolute Gasteiger partial charge is 0.337 e. The van der Waals surface area contributed by atoms with E-state index in [9.17, 15) is 9.90 Å². The molecule has 0 unspecified atom stereocenters. The zero-order chi connectivity index (χ0) is 15.7. The molecule has 0 aromatic heterocycles. The third-order valence-corrected chi connectivity index (χ3v) is 2.79. The SMILES string of the molecule is [2H]c1c([2H])c(C)c(C)c(Nc2ccccc2C(=O)O)c1[2H]. The molecule has 2 aromatic rings. The van der Waals surface area contributed by atoms with Crippen LogP contribution in [0.2, 0.25) is 0 Å². The van der Waals surface area contributed by atoms with Crippen molar-refractivity contribution in [3.63, 3.8) is 0 Å². The number of carbonyl (C=O) groups is 1. The van der Waals surface area contributed by atoms with Crippen LogP contribution in [0.15, 0.2) is 42.4 Å². The monoisotopic (exact) mass is 244 g/mol. The second kappa shape index (κ2) is 4.92. The number of para-hydroxylation sites is 1. The molecular weight excluding hydrogens is 226 g/mol. The molecule has 0 radical (unpaired) electrons. The molecule has 0 saturated heterocycles. The van der Waals surface area contributed by atoms with Gasteiger partial charge in [0.15, 0.2) is 0 Å². The van der Waals surface area contributed by atoms with Crippen LogP contribution in [0.25, 0.3) is 0 Å². The largest absolute Gasteiger partial charge is 0.478 e. The average Bonchev–Trinajstić information content (AvgIpc) is 2.48. The molecule has 0 heterocycles. The van der Waals surface area contributed by atoms with Crippen LogP contribution in [-0.2, 0) is 0 Å². The maximum absolute atomic E-state index is 11.2. The highest BCUT2D eigenvalue weighted by Gasteiger charge is 2.10. The maximum Gasteiger partial charge on any atom is 0.337 e. The summed E-state index contributed by atoms with van der Waals surface area (Å²) >= 11 is 0. The van der Waals surface area contributed by atoms with Crippen LogP contribution < -0.4 is 5.32 Å². The number of hydrogen-bond acceptors (Lipinski definition) is 2. The van der Waals surface area contributed by atoms with E-state index in [1.54, 1.807) is 32.0 Å². The Labute approximate surface area is 110 Å². The number of rotatable bonds is 3. The second-order valence-corrected chi connectivity index (χ2v) is 3.98. The summed E-state index contributed by atoms with van der Waals surface area (Å²) in [7, 11) is 0. The minimum atomic E-state index is -1.07. The predicted octanol–water partition coefficient (Wildman–Crippen LogP) is 3.75. The Hall–Kier alpha value is -2.29. The van der Waals surface area contributed by atoms with E-state index in [-0.39, 0.29) is 23.7 Å². The summed E-state index contributed by atoms with van der Waals surface area (Å²) in [6.45, 7) is 3.46. The van der Waals surface area contributed by atoms with Crippen molar-refractivity contribution in [1.29, 1.82) is 0 Å². The third-order valence-electron chi connectivity index (χ3n) is 2.79. The Balaban J connectivity index is 2.58. The predicted molar refractivity (Wildman–Crippen MR) is 72.6 cm³/mol. The van der Waals surface area contributed by atoms with Crippen molar-refractivity contribution in [2.45, 2.75) is 13.8 Å². The van der Waals surface area contributed by atoms with Gasteiger partial charge in [0.2, 0.25) is 0 Å². The van der Waals surface area contributed by atoms with E-state index in [4.69, 9.17) is 4.11 Å². The van der Waals surface area contributed by atoms with E-state index >= 15 is 0 Å². The highest BCUT2D eigenvalue weighted by molar-refractivity contribution is 5.95. The highest BCUT2D eigenvalue weighted by atomic mass is 16.4. The zero-order valence-electron chi connectivity index (χ0n) is 13.2. The molecule has 0 saturated carbocycles. The van der Waals surface area contributed by atoms with Crippen molar-refractivity contribution in [3.8, 4) is 0 Å². The van der Waals surface area contributed by atoms with Crippen LogP contribution in [0.1, 0.15) is 25.6 Å². The van der Waals surface area contributed by atoms with Crippen LogP contribution >= 0.6 is 0 Å². The number of nitrogens with one attached hydrogen (secondary N) is 1. The molecule has 0 amide bonds. The topological polar surface area (TPSA) is 49.3 Å². The van der Waals surface area contributed by atoms with Gasteiger partial charge >= 0.3 is 5.97 Å². The maximum atomic E-state index is 11.2. The number of anilines is 2. The molecule has 0 bridgehead atoms. The van der Waals surface area contributed by atoms with E-state index in [1.807, 2.05) is 0 Å². The highest BCUT2D eigenvalue weighted by Crippen LogP contribution is 2.25.